The fraction of sp³-hybridized carbons (Fsp3) is 0.409. The SMILES string of the molecule is COc1ccc(S(=O)(=O)NC2CCCCC2NC(=O)NCc2ccccc2)cc1OC. The zero-order valence-corrected chi connectivity index (χ0v) is 18.6. The normalized spacial score (nSPS) is 18.8. The third-order valence-electron chi connectivity index (χ3n) is 5.35. The lowest BCUT2D eigenvalue weighted by molar-refractivity contribution is 0.227. The van der Waals surface area contributed by atoms with Crippen molar-refractivity contribution in [2.75, 3.05) is 14.2 Å². The Balaban J connectivity index is 1.65. The summed E-state index contributed by atoms with van der Waals surface area (Å²) in [6, 6.07) is 13.1. The van der Waals surface area contributed by atoms with E-state index in [0.717, 1.165) is 18.4 Å². The molecule has 0 heterocycles. The summed E-state index contributed by atoms with van der Waals surface area (Å²) < 4.78 is 39.1. The van der Waals surface area contributed by atoms with Gasteiger partial charge < -0.3 is 20.1 Å². The number of hydrogen-bond acceptors (Lipinski definition) is 5. The van der Waals surface area contributed by atoms with Crippen LogP contribution in [0.25, 0.3) is 0 Å². The molecule has 0 saturated heterocycles. The summed E-state index contributed by atoms with van der Waals surface area (Å²) in [6.07, 6.45) is 3.18. The van der Waals surface area contributed by atoms with Gasteiger partial charge in [0.15, 0.2) is 11.5 Å². The molecule has 0 aromatic heterocycles. The average molecular weight is 448 g/mol. The van der Waals surface area contributed by atoms with E-state index in [1.54, 1.807) is 6.07 Å². The molecule has 3 rings (SSSR count). The van der Waals surface area contributed by atoms with Gasteiger partial charge in [-0.3, -0.25) is 0 Å². The molecule has 2 unspecified atom stereocenters. The Morgan fingerprint density at radius 1 is 0.968 bits per heavy atom. The van der Waals surface area contributed by atoms with Gasteiger partial charge in [0.05, 0.1) is 19.1 Å². The van der Waals surface area contributed by atoms with Crippen LogP contribution in [0.3, 0.4) is 0 Å². The van der Waals surface area contributed by atoms with Crippen molar-refractivity contribution >= 4 is 16.1 Å². The molecular formula is C22H29N3O5S. The second kappa shape index (κ2) is 10.5. The number of nitrogens with one attached hydrogen (secondary N) is 3. The first-order valence-corrected chi connectivity index (χ1v) is 11.7. The minimum atomic E-state index is -3.80. The number of sulfonamides is 1. The van der Waals surface area contributed by atoms with Crippen molar-refractivity contribution in [2.45, 2.75) is 49.2 Å². The van der Waals surface area contributed by atoms with Crippen molar-refractivity contribution in [2.24, 2.45) is 0 Å². The predicted octanol–water partition coefficient (Wildman–Crippen LogP) is 2.79. The lowest BCUT2D eigenvalue weighted by Gasteiger charge is -2.32. The maximum Gasteiger partial charge on any atom is 0.315 e. The molecule has 9 heteroatoms. The largest absolute Gasteiger partial charge is 0.493 e. The van der Waals surface area contributed by atoms with Gasteiger partial charge in [0.25, 0.3) is 0 Å². The summed E-state index contributed by atoms with van der Waals surface area (Å²) in [5.74, 6) is 0.790. The van der Waals surface area contributed by atoms with Crippen molar-refractivity contribution in [1.29, 1.82) is 0 Å². The smallest absolute Gasteiger partial charge is 0.315 e. The van der Waals surface area contributed by atoms with Gasteiger partial charge in [-0.05, 0) is 30.5 Å². The first-order chi connectivity index (χ1) is 14.9. The molecule has 1 aliphatic carbocycles. The molecule has 3 N–H and O–H groups in total. The van der Waals surface area contributed by atoms with Crippen LogP contribution in [0.4, 0.5) is 4.79 Å². The number of carbonyl (C=O) groups is 1. The van der Waals surface area contributed by atoms with Crippen molar-refractivity contribution < 1.29 is 22.7 Å². The Bertz CT molecular complexity index is 982. The van der Waals surface area contributed by atoms with E-state index >= 15 is 0 Å². The second-order valence-corrected chi connectivity index (χ2v) is 9.16. The van der Waals surface area contributed by atoms with Gasteiger partial charge in [-0.15, -0.1) is 0 Å². The molecule has 0 aliphatic heterocycles. The summed E-state index contributed by atoms with van der Waals surface area (Å²) in [7, 11) is -0.852. The second-order valence-electron chi connectivity index (χ2n) is 7.45. The highest BCUT2D eigenvalue weighted by Crippen LogP contribution is 2.30. The highest BCUT2D eigenvalue weighted by molar-refractivity contribution is 7.89. The topological polar surface area (TPSA) is 106 Å². The molecule has 1 aliphatic rings. The van der Waals surface area contributed by atoms with Gasteiger partial charge in [-0.2, -0.15) is 0 Å². The monoisotopic (exact) mass is 447 g/mol. The lowest BCUT2D eigenvalue weighted by Crippen LogP contribution is -2.54. The van der Waals surface area contributed by atoms with Crippen molar-refractivity contribution in [3.05, 3.63) is 54.1 Å². The molecule has 2 aromatic rings. The fourth-order valence-electron chi connectivity index (χ4n) is 3.69. The summed E-state index contributed by atoms with van der Waals surface area (Å²) in [6.45, 7) is 0.404. The van der Waals surface area contributed by atoms with Crippen LogP contribution in [0.2, 0.25) is 0 Å². The number of rotatable bonds is 8. The molecule has 0 spiro atoms. The molecule has 1 saturated carbocycles. The van der Waals surface area contributed by atoms with E-state index in [1.807, 2.05) is 30.3 Å². The van der Waals surface area contributed by atoms with Gasteiger partial charge in [0.2, 0.25) is 10.0 Å². The minimum absolute atomic E-state index is 0.0861. The number of amides is 2. The molecule has 2 aromatic carbocycles. The molecule has 168 valence electrons. The molecular weight excluding hydrogens is 418 g/mol. The van der Waals surface area contributed by atoms with E-state index in [-0.39, 0.29) is 17.0 Å². The Morgan fingerprint density at radius 2 is 1.65 bits per heavy atom. The summed E-state index contributed by atoms with van der Waals surface area (Å²) >= 11 is 0. The van der Waals surface area contributed by atoms with E-state index in [9.17, 15) is 13.2 Å². The number of carbonyl (C=O) groups excluding carboxylic acids is 1. The van der Waals surface area contributed by atoms with Gasteiger partial charge >= 0.3 is 6.03 Å². The first-order valence-electron chi connectivity index (χ1n) is 10.3. The van der Waals surface area contributed by atoms with Crippen LogP contribution in [0, 0.1) is 0 Å². The first kappa shape index (κ1) is 22.9. The Kier molecular flexibility index (Phi) is 7.75. The maximum absolute atomic E-state index is 13.0. The van der Waals surface area contributed by atoms with Gasteiger partial charge in [0, 0.05) is 24.7 Å². The van der Waals surface area contributed by atoms with Crippen LogP contribution in [0.5, 0.6) is 11.5 Å². The Hall–Kier alpha value is -2.78. The predicted molar refractivity (Wildman–Crippen MR) is 118 cm³/mol. The Labute approximate surface area is 183 Å². The van der Waals surface area contributed by atoms with Crippen LogP contribution in [-0.2, 0) is 16.6 Å². The summed E-state index contributed by atoms with van der Waals surface area (Å²) in [5, 5.41) is 5.76. The third-order valence-corrected chi connectivity index (χ3v) is 6.84. The highest BCUT2D eigenvalue weighted by Gasteiger charge is 2.31. The van der Waals surface area contributed by atoms with Crippen molar-refractivity contribution in [3.8, 4) is 11.5 Å². The quantitative estimate of drug-likeness (QED) is 0.577. The van der Waals surface area contributed by atoms with Gasteiger partial charge in [-0.1, -0.05) is 43.2 Å². The fourth-order valence-corrected chi connectivity index (χ4v) is 5.02. The molecule has 0 bridgehead atoms. The molecule has 2 atom stereocenters. The van der Waals surface area contributed by atoms with Crippen LogP contribution in [0.15, 0.2) is 53.4 Å². The number of urea groups is 1. The van der Waals surface area contributed by atoms with Crippen LogP contribution < -0.4 is 24.8 Å². The van der Waals surface area contributed by atoms with Gasteiger partial charge in [0.1, 0.15) is 0 Å². The van der Waals surface area contributed by atoms with Crippen LogP contribution >= 0.6 is 0 Å². The third kappa shape index (κ3) is 6.11. The number of ether oxygens (including phenoxy) is 2. The van der Waals surface area contributed by atoms with E-state index < -0.39 is 16.1 Å². The van der Waals surface area contributed by atoms with E-state index in [0.29, 0.717) is 30.9 Å². The van der Waals surface area contributed by atoms with E-state index in [2.05, 4.69) is 15.4 Å². The minimum Gasteiger partial charge on any atom is -0.493 e. The lowest BCUT2D eigenvalue weighted by atomic mass is 9.91. The number of hydrogen-bond donors (Lipinski definition) is 3. The number of methoxy groups -OCH3 is 2. The van der Waals surface area contributed by atoms with E-state index in [4.69, 9.17) is 9.47 Å². The van der Waals surface area contributed by atoms with Crippen LogP contribution in [-0.4, -0.2) is 40.8 Å². The zero-order chi connectivity index (χ0) is 22.3. The molecule has 8 nitrogen and oxygen atoms in total. The zero-order valence-electron chi connectivity index (χ0n) is 17.8. The standard InChI is InChI=1S/C22H29N3O5S/c1-29-20-13-12-17(14-21(20)30-2)31(27,28)25-19-11-7-6-10-18(19)24-22(26)23-15-16-8-4-3-5-9-16/h3-5,8-9,12-14,18-19,25H,6-7,10-11,15H2,1-2H3,(H2,23,24,26). The van der Waals surface area contributed by atoms with Crippen molar-refractivity contribution in [3.63, 3.8) is 0 Å². The summed E-state index contributed by atoms with van der Waals surface area (Å²) in [5.41, 5.74) is 0.993. The summed E-state index contributed by atoms with van der Waals surface area (Å²) in [4.78, 5) is 12.5. The molecule has 31 heavy (non-hydrogen) atoms. The molecule has 1 fully saturated rings. The van der Waals surface area contributed by atoms with E-state index in [1.165, 1.54) is 26.4 Å². The Morgan fingerprint density at radius 3 is 2.32 bits per heavy atom. The molecule has 2 amide bonds. The van der Waals surface area contributed by atoms with Crippen LogP contribution in [0.1, 0.15) is 31.2 Å². The highest BCUT2D eigenvalue weighted by atomic mass is 32.2. The molecule has 0 radical (unpaired) electrons. The average Bonchev–Trinajstić information content (AvgIpc) is 2.79. The maximum atomic E-state index is 13.0. The van der Waals surface area contributed by atoms with Gasteiger partial charge in [-0.25, -0.2) is 17.9 Å². The van der Waals surface area contributed by atoms with Crippen molar-refractivity contribution in [1.82, 2.24) is 15.4 Å². The number of benzene rings is 2.